The summed E-state index contributed by atoms with van der Waals surface area (Å²) in [4.78, 5) is 21.1. The number of nitro groups is 1. The zero-order valence-electron chi connectivity index (χ0n) is 11.0. The van der Waals surface area contributed by atoms with Gasteiger partial charge in [0.1, 0.15) is 12.2 Å². The topological polar surface area (TPSA) is 102 Å². The number of aliphatic hydroxyl groups is 1. The summed E-state index contributed by atoms with van der Waals surface area (Å²) in [5, 5.41) is 23.4. The maximum Gasteiger partial charge on any atom is 0.303 e. The second-order valence-corrected chi connectivity index (χ2v) is 4.78. The number of rotatable bonds is 4. The molecule has 2 N–H and O–H groups in total. The Kier molecular flexibility index (Phi) is 4.31. The molecule has 1 saturated heterocycles. The summed E-state index contributed by atoms with van der Waals surface area (Å²) in [6.07, 6.45) is -0.808. The molecule has 0 saturated carbocycles. The molecule has 1 aromatic rings. The van der Waals surface area contributed by atoms with Crippen LogP contribution in [-0.4, -0.2) is 40.8 Å². The summed E-state index contributed by atoms with van der Waals surface area (Å²) in [5.74, 6) is -0.438. The van der Waals surface area contributed by atoms with Crippen molar-refractivity contribution in [2.75, 3.05) is 6.54 Å². The van der Waals surface area contributed by atoms with Crippen LogP contribution >= 0.6 is 0 Å². The fourth-order valence-electron chi connectivity index (χ4n) is 2.32. The molecule has 0 radical (unpaired) electrons. The molecule has 1 heterocycles. The largest absolute Gasteiger partial charge is 0.458 e. The van der Waals surface area contributed by atoms with Gasteiger partial charge in [-0.2, -0.15) is 0 Å². The van der Waals surface area contributed by atoms with E-state index in [1.54, 1.807) is 12.1 Å². The molecule has 7 heteroatoms. The van der Waals surface area contributed by atoms with Gasteiger partial charge >= 0.3 is 5.97 Å². The minimum absolute atomic E-state index is 0.0321. The molecule has 0 amide bonds. The number of carbonyl (C=O) groups is 1. The molecule has 7 nitrogen and oxygen atoms in total. The Morgan fingerprint density at radius 3 is 2.70 bits per heavy atom. The predicted molar refractivity (Wildman–Crippen MR) is 70.2 cm³/mol. The summed E-state index contributed by atoms with van der Waals surface area (Å²) in [5.41, 5.74) is 0.907. The van der Waals surface area contributed by atoms with Crippen molar-refractivity contribution >= 4 is 11.7 Å². The minimum atomic E-state index is -0.734. The third-order valence-corrected chi connectivity index (χ3v) is 3.27. The number of non-ortho nitro benzene ring substituents is 1. The Hall–Kier alpha value is -1.99. The number of β-amino-alcohol motifs (C(OH)–C–C–N with tert-alkyl or cyclic N) is 1. The fourth-order valence-corrected chi connectivity index (χ4v) is 2.32. The number of nitrogens with zero attached hydrogens (tertiary/aromatic N) is 1. The molecule has 1 aliphatic heterocycles. The van der Waals surface area contributed by atoms with Crippen molar-refractivity contribution in [3.8, 4) is 0 Å². The SMILES string of the molecule is CC(=O)O[C@@H]1[C@@H](O)CN[C@@H]1Cc1ccc([N+](=O)[O-])cc1. The molecule has 1 aliphatic rings. The Bertz CT molecular complexity index is 502. The van der Waals surface area contributed by atoms with Crippen LogP contribution in [0.3, 0.4) is 0 Å². The van der Waals surface area contributed by atoms with Crippen LogP contribution in [0.2, 0.25) is 0 Å². The molecule has 0 aromatic heterocycles. The molecule has 1 aromatic carbocycles. The van der Waals surface area contributed by atoms with Crippen molar-refractivity contribution in [2.24, 2.45) is 0 Å². The summed E-state index contributed by atoms with van der Waals surface area (Å²) in [6, 6.07) is 5.99. The lowest BCUT2D eigenvalue weighted by Crippen LogP contribution is -2.38. The van der Waals surface area contributed by atoms with E-state index < -0.39 is 23.1 Å². The van der Waals surface area contributed by atoms with E-state index in [1.807, 2.05) is 0 Å². The lowest BCUT2D eigenvalue weighted by molar-refractivity contribution is -0.384. The third kappa shape index (κ3) is 3.31. The highest BCUT2D eigenvalue weighted by atomic mass is 16.6. The number of hydrogen-bond acceptors (Lipinski definition) is 6. The number of hydrogen-bond donors (Lipinski definition) is 2. The number of aliphatic hydroxyl groups excluding tert-OH is 1. The highest BCUT2D eigenvalue weighted by Crippen LogP contribution is 2.19. The minimum Gasteiger partial charge on any atom is -0.458 e. The van der Waals surface area contributed by atoms with Crippen LogP contribution in [0.5, 0.6) is 0 Å². The van der Waals surface area contributed by atoms with Gasteiger partial charge in [-0.15, -0.1) is 0 Å². The second-order valence-electron chi connectivity index (χ2n) is 4.78. The van der Waals surface area contributed by atoms with E-state index in [9.17, 15) is 20.0 Å². The first-order chi connectivity index (χ1) is 9.47. The molecular weight excluding hydrogens is 264 g/mol. The lowest BCUT2D eigenvalue weighted by Gasteiger charge is -2.21. The quantitative estimate of drug-likeness (QED) is 0.470. The van der Waals surface area contributed by atoms with E-state index in [4.69, 9.17) is 4.74 Å². The number of nitro benzene ring substituents is 1. The van der Waals surface area contributed by atoms with Crippen molar-refractivity contribution < 1.29 is 19.6 Å². The van der Waals surface area contributed by atoms with E-state index >= 15 is 0 Å². The number of carbonyl (C=O) groups excluding carboxylic acids is 1. The zero-order valence-corrected chi connectivity index (χ0v) is 11.0. The van der Waals surface area contributed by atoms with Gasteiger partial charge in [0.15, 0.2) is 0 Å². The van der Waals surface area contributed by atoms with Gasteiger partial charge in [0.2, 0.25) is 0 Å². The van der Waals surface area contributed by atoms with Crippen LogP contribution in [0, 0.1) is 10.1 Å². The monoisotopic (exact) mass is 280 g/mol. The average molecular weight is 280 g/mol. The smallest absolute Gasteiger partial charge is 0.303 e. The fraction of sp³-hybridized carbons (Fsp3) is 0.462. The maximum atomic E-state index is 11.0. The Balaban J connectivity index is 2.04. The molecular formula is C13H16N2O5. The average Bonchev–Trinajstić information content (AvgIpc) is 2.71. The van der Waals surface area contributed by atoms with Gasteiger partial charge in [-0.25, -0.2) is 0 Å². The Labute approximate surface area is 115 Å². The van der Waals surface area contributed by atoms with Crippen LogP contribution in [-0.2, 0) is 16.0 Å². The van der Waals surface area contributed by atoms with E-state index in [-0.39, 0.29) is 11.7 Å². The lowest BCUT2D eigenvalue weighted by atomic mass is 10.0. The summed E-state index contributed by atoms with van der Waals surface area (Å²) >= 11 is 0. The summed E-state index contributed by atoms with van der Waals surface area (Å²) < 4.78 is 5.11. The molecule has 0 unspecified atom stereocenters. The van der Waals surface area contributed by atoms with Crippen LogP contribution in [0.25, 0.3) is 0 Å². The van der Waals surface area contributed by atoms with Gasteiger partial charge in [0.05, 0.1) is 11.0 Å². The van der Waals surface area contributed by atoms with Crippen molar-refractivity contribution in [3.63, 3.8) is 0 Å². The van der Waals surface area contributed by atoms with Gasteiger partial charge in [-0.05, 0) is 12.0 Å². The molecule has 1 fully saturated rings. The number of nitrogens with one attached hydrogen (secondary N) is 1. The molecule has 3 atom stereocenters. The molecule has 108 valence electrons. The van der Waals surface area contributed by atoms with Crippen LogP contribution in [0.1, 0.15) is 12.5 Å². The number of ether oxygens (including phenoxy) is 1. The number of benzene rings is 1. The third-order valence-electron chi connectivity index (χ3n) is 3.27. The Morgan fingerprint density at radius 2 is 2.15 bits per heavy atom. The zero-order chi connectivity index (χ0) is 14.7. The van der Waals surface area contributed by atoms with Gasteiger partial charge in [0, 0.05) is 25.6 Å². The van der Waals surface area contributed by atoms with Gasteiger partial charge in [-0.1, -0.05) is 12.1 Å². The van der Waals surface area contributed by atoms with Crippen molar-refractivity contribution in [1.29, 1.82) is 0 Å². The van der Waals surface area contributed by atoms with E-state index in [0.29, 0.717) is 13.0 Å². The van der Waals surface area contributed by atoms with Crippen molar-refractivity contribution in [1.82, 2.24) is 5.32 Å². The van der Waals surface area contributed by atoms with Crippen molar-refractivity contribution in [2.45, 2.75) is 31.6 Å². The van der Waals surface area contributed by atoms with Crippen LogP contribution in [0.15, 0.2) is 24.3 Å². The molecule has 0 bridgehead atoms. The Morgan fingerprint density at radius 1 is 1.50 bits per heavy atom. The predicted octanol–water partition coefficient (Wildman–Crippen LogP) is 0.402. The number of esters is 1. The summed E-state index contributed by atoms with van der Waals surface area (Å²) in [7, 11) is 0. The molecule has 2 rings (SSSR count). The van der Waals surface area contributed by atoms with E-state index in [2.05, 4.69) is 5.32 Å². The maximum absolute atomic E-state index is 11.0. The summed E-state index contributed by atoms with van der Waals surface area (Å²) in [6.45, 7) is 1.66. The van der Waals surface area contributed by atoms with Crippen LogP contribution in [0.4, 0.5) is 5.69 Å². The first kappa shape index (κ1) is 14.4. The normalized spacial score (nSPS) is 25.4. The van der Waals surface area contributed by atoms with Gasteiger partial charge in [0.25, 0.3) is 5.69 Å². The first-order valence-electron chi connectivity index (χ1n) is 6.29. The molecule has 0 spiro atoms. The van der Waals surface area contributed by atoms with E-state index in [0.717, 1.165) is 5.56 Å². The van der Waals surface area contributed by atoms with Gasteiger partial charge in [-0.3, -0.25) is 14.9 Å². The molecule has 0 aliphatic carbocycles. The van der Waals surface area contributed by atoms with Crippen LogP contribution < -0.4 is 5.32 Å². The van der Waals surface area contributed by atoms with E-state index in [1.165, 1.54) is 19.1 Å². The van der Waals surface area contributed by atoms with Crippen molar-refractivity contribution in [3.05, 3.63) is 39.9 Å². The highest BCUT2D eigenvalue weighted by molar-refractivity contribution is 5.66. The standard InChI is InChI=1S/C13H16N2O5/c1-8(16)20-13-11(14-7-12(13)17)6-9-2-4-10(5-3-9)15(18)19/h2-5,11-14,17H,6-7H2,1H3/t11-,12+,13+/m1/s1. The first-order valence-corrected chi connectivity index (χ1v) is 6.29. The van der Waals surface area contributed by atoms with Gasteiger partial charge < -0.3 is 15.2 Å². The molecule has 20 heavy (non-hydrogen) atoms. The highest BCUT2D eigenvalue weighted by Gasteiger charge is 2.37. The second kappa shape index (κ2) is 5.98.